The standard InChI is InChI=1S/C16H22N2O2/c1-2-14-11-18(9-10-20-14)15(19)16(7-8-16)12-3-5-13(17)6-4-12/h3-6,14H,2,7-11,17H2,1H3. The lowest BCUT2D eigenvalue weighted by molar-refractivity contribution is -0.141. The van der Waals surface area contributed by atoms with Crippen molar-refractivity contribution < 1.29 is 9.53 Å². The van der Waals surface area contributed by atoms with Gasteiger partial charge in [-0.15, -0.1) is 0 Å². The molecule has 1 heterocycles. The Hall–Kier alpha value is -1.55. The largest absolute Gasteiger partial charge is 0.399 e. The Morgan fingerprint density at radius 2 is 2.10 bits per heavy atom. The number of morpholine rings is 1. The van der Waals surface area contributed by atoms with Crippen LogP contribution >= 0.6 is 0 Å². The lowest BCUT2D eigenvalue weighted by Gasteiger charge is -2.35. The molecule has 20 heavy (non-hydrogen) atoms. The maximum atomic E-state index is 12.9. The molecule has 1 saturated heterocycles. The van der Waals surface area contributed by atoms with E-state index in [1.54, 1.807) is 0 Å². The summed E-state index contributed by atoms with van der Waals surface area (Å²) in [5.74, 6) is 0.268. The summed E-state index contributed by atoms with van der Waals surface area (Å²) in [7, 11) is 0. The van der Waals surface area contributed by atoms with Crippen LogP contribution < -0.4 is 5.73 Å². The van der Waals surface area contributed by atoms with E-state index in [0.717, 1.165) is 37.1 Å². The van der Waals surface area contributed by atoms with Crippen molar-refractivity contribution >= 4 is 11.6 Å². The minimum atomic E-state index is -0.288. The van der Waals surface area contributed by atoms with Gasteiger partial charge in [0.25, 0.3) is 0 Å². The first kappa shape index (κ1) is 13.4. The number of ether oxygens (including phenoxy) is 1. The van der Waals surface area contributed by atoms with E-state index in [-0.39, 0.29) is 17.4 Å². The Morgan fingerprint density at radius 1 is 1.40 bits per heavy atom. The van der Waals surface area contributed by atoms with E-state index >= 15 is 0 Å². The van der Waals surface area contributed by atoms with Crippen LogP contribution in [0, 0.1) is 0 Å². The molecule has 0 aromatic heterocycles. The van der Waals surface area contributed by atoms with E-state index in [1.807, 2.05) is 29.2 Å². The molecule has 4 nitrogen and oxygen atoms in total. The fourth-order valence-corrected chi connectivity index (χ4v) is 3.01. The van der Waals surface area contributed by atoms with Gasteiger partial charge < -0.3 is 15.4 Å². The fraction of sp³-hybridized carbons (Fsp3) is 0.562. The van der Waals surface area contributed by atoms with Gasteiger partial charge in [-0.1, -0.05) is 19.1 Å². The van der Waals surface area contributed by atoms with Crippen LogP contribution in [0.15, 0.2) is 24.3 Å². The SMILES string of the molecule is CCC1CN(C(=O)C2(c3ccc(N)cc3)CC2)CCO1. The average molecular weight is 274 g/mol. The highest BCUT2D eigenvalue weighted by atomic mass is 16.5. The predicted molar refractivity (Wildman–Crippen MR) is 78.4 cm³/mol. The molecular weight excluding hydrogens is 252 g/mol. The second-order valence-electron chi connectivity index (χ2n) is 5.86. The van der Waals surface area contributed by atoms with Crippen LogP contribution in [0.1, 0.15) is 31.7 Å². The normalized spacial score (nSPS) is 24.4. The number of carbonyl (C=O) groups excluding carboxylic acids is 1. The van der Waals surface area contributed by atoms with E-state index in [4.69, 9.17) is 10.5 Å². The van der Waals surface area contributed by atoms with E-state index in [1.165, 1.54) is 0 Å². The Labute approximate surface area is 119 Å². The van der Waals surface area contributed by atoms with Crippen molar-refractivity contribution in [1.82, 2.24) is 4.90 Å². The zero-order valence-corrected chi connectivity index (χ0v) is 12.0. The second-order valence-corrected chi connectivity index (χ2v) is 5.86. The van der Waals surface area contributed by atoms with Crippen molar-refractivity contribution in [2.45, 2.75) is 37.7 Å². The molecule has 3 rings (SSSR count). The van der Waals surface area contributed by atoms with Crippen molar-refractivity contribution in [1.29, 1.82) is 0 Å². The van der Waals surface area contributed by atoms with E-state index in [2.05, 4.69) is 6.92 Å². The van der Waals surface area contributed by atoms with Crippen LogP contribution in [0.4, 0.5) is 5.69 Å². The van der Waals surface area contributed by atoms with Crippen molar-refractivity contribution in [3.63, 3.8) is 0 Å². The summed E-state index contributed by atoms with van der Waals surface area (Å²) in [6, 6.07) is 7.77. The highest BCUT2D eigenvalue weighted by Crippen LogP contribution is 2.49. The van der Waals surface area contributed by atoms with Gasteiger partial charge in [0.05, 0.1) is 18.1 Å². The lowest BCUT2D eigenvalue weighted by atomic mass is 9.93. The van der Waals surface area contributed by atoms with Crippen molar-refractivity contribution in [2.75, 3.05) is 25.4 Å². The molecule has 1 aromatic rings. The van der Waals surface area contributed by atoms with E-state index < -0.39 is 0 Å². The number of amides is 1. The number of benzene rings is 1. The summed E-state index contributed by atoms with van der Waals surface area (Å²) >= 11 is 0. The second kappa shape index (κ2) is 5.09. The molecule has 1 aliphatic heterocycles. The molecule has 1 unspecified atom stereocenters. The molecule has 108 valence electrons. The number of hydrogen-bond donors (Lipinski definition) is 1. The molecule has 2 aliphatic rings. The van der Waals surface area contributed by atoms with Gasteiger partial charge in [0.1, 0.15) is 0 Å². The van der Waals surface area contributed by atoms with Crippen LogP contribution in [-0.2, 0) is 14.9 Å². The van der Waals surface area contributed by atoms with Crippen molar-refractivity contribution in [3.05, 3.63) is 29.8 Å². The average Bonchev–Trinajstić information content (AvgIpc) is 3.29. The van der Waals surface area contributed by atoms with Crippen LogP contribution in [0.25, 0.3) is 0 Å². The summed E-state index contributed by atoms with van der Waals surface area (Å²) in [5, 5.41) is 0. The molecule has 1 amide bonds. The van der Waals surface area contributed by atoms with Crippen LogP contribution in [0.5, 0.6) is 0 Å². The number of nitrogen functional groups attached to an aromatic ring is 1. The van der Waals surface area contributed by atoms with Gasteiger partial charge in [0.15, 0.2) is 0 Å². The van der Waals surface area contributed by atoms with Crippen LogP contribution in [0.3, 0.4) is 0 Å². The predicted octanol–water partition coefficient (Wildman–Crippen LogP) is 1.94. The minimum absolute atomic E-state index is 0.190. The number of rotatable bonds is 3. The molecule has 1 saturated carbocycles. The first-order valence-electron chi connectivity index (χ1n) is 7.43. The maximum absolute atomic E-state index is 12.9. The van der Waals surface area contributed by atoms with Gasteiger partial charge in [0.2, 0.25) is 5.91 Å². The van der Waals surface area contributed by atoms with Crippen LogP contribution in [-0.4, -0.2) is 36.6 Å². The summed E-state index contributed by atoms with van der Waals surface area (Å²) in [6.07, 6.45) is 3.04. The minimum Gasteiger partial charge on any atom is -0.399 e. The third kappa shape index (κ3) is 2.29. The number of carbonyl (C=O) groups is 1. The highest BCUT2D eigenvalue weighted by Gasteiger charge is 2.53. The molecule has 0 spiro atoms. The molecule has 1 aliphatic carbocycles. The molecule has 2 N–H and O–H groups in total. The fourth-order valence-electron chi connectivity index (χ4n) is 3.01. The molecule has 1 aromatic carbocycles. The summed E-state index contributed by atoms with van der Waals surface area (Å²) < 4.78 is 5.65. The van der Waals surface area contributed by atoms with Gasteiger partial charge in [-0.2, -0.15) is 0 Å². The Balaban J connectivity index is 1.77. The Kier molecular flexibility index (Phi) is 3.42. The zero-order valence-electron chi connectivity index (χ0n) is 12.0. The summed E-state index contributed by atoms with van der Waals surface area (Å²) in [6.45, 7) is 4.20. The van der Waals surface area contributed by atoms with Gasteiger partial charge in [0, 0.05) is 18.8 Å². The van der Waals surface area contributed by atoms with Gasteiger partial charge in [-0.05, 0) is 37.0 Å². The van der Waals surface area contributed by atoms with E-state index in [0.29, 0.717) is 13.2 Å². The maximum Gasteiger partial charge on any atom is 0.233 e. The van der Waals surface area contributed by atoms with Gasteiger partial charge in [-0.25, -0.2) is 0 Å². The third-order valence-electron chi connectivity index (χ3n) is 4.50. The summed E-state index contributed by atoms with van der Waals surface area (Å²) in [5.41, 5.74) is 7.30. The number of hydrogen-bond acceptors (Lipinski definition) is 3. The number of nitrogens with zero attached hydrogens (tertiary/aromatic N) is 1. The molecule has 2 fully saturated rings. The smallest absolute Gasteiger partial charge is 0.233 e. The van der Waals surface area contributed by atoms with Crippen molar-refractivity contribution in [3.8, 4) is 0 Å². The monoisotopic (exact) mass is 274 g/mol. The molecule has 0 bridgehead atoms. The molecule has 1 atom stereocenters. The van der Waals surface area contributed by atoms with Crippen molar-refractivity contribution in [2.24, 2.45) is 0 Å². The lowest BCUT2D eigenvalue weighted by Crippen LogP contribution is -2.49. The molecular formula is C16H22N2O2. The van der Waals surface area contributed by atoms with Gasteiger partial charge in [-0.3, -0.25) is 4.79 Å². The Bertz CT molecular complexity index is 494. The number of nitrogens with two attached hydrogens (primary N) is 1. The van der Waals surface area contributed by atoms with E-state index in [9.17, 15) is 4.79 Å². The Morgan fingerprint density at radius 3 is 2.70 bits per heavy atom. The quantitative estimate of drug-likeness (QED) is 0.857. The molecule has 4 heteroatoms. The molecule has 0 radical (unpaired) electrons. The highest BCUT2D eigenvalue weighted by molar-refractivity contribution is 5.91. The first-order valence-corrected chi connectivity index (χ1v) is 7.43. The van der Waals surface area contributed by atoms with Crippen LogP contribution in [0.2, 0.25) is 0 Å². The summed E-state index contributed by atoms with van der Waals surface area (Å²) in [4.78, 5) is 14.9. The first-order chi connectivity index (χ1) is 9.65. The zero-order chi connectivity index (χ0) is 14.2. The van der Waals surface area contributed by atoms with Gasteiger partial charge >= 0.3 is 0 Å². The topological polar surface area (TPSA) is 55.6 Å². The third-order valence-corrected chi connectivity index (χ3v) is 4.50. The number of anilines is 1.